The molecule has 0 saturated carbocycles. The van der Waals surface area contributed by atoms with E-state index in [1.807, 2.05) is 0 Å². The molecule has 5 heteroatoms. The van der Waals surface area contributed by atoms with Crippen LogP contribution < -0.4 is 10.4 Å². The van der Waals surface area contributed by atoms with Gasteiger partial charge in [0.1, 0.15) is 17.9 Å². The topological polar surface area (TPSA) is 65.7 Å². The Balaban J connectivity index is 2.11. The van der Waals surface area contributed by atoms with Crippen LogP contribution in [-0.2, 0) is 9.53 Å². The molecule has 0 fully saturated rings. The monoisotopic (exact) mass is 274 g/mol. The fourth-order valence-corrected chi connectivity index (χ4v) is 1.64. The van der Waals surface area contributed by atoms with Gasteiger partial charge in [0, 0.05) is 23.1 Å². The number of hydrogen-bond donors (Lipinski definition) is 0. The van der Waals surface area contributed by atoms with Crippen molar-refractivity contribution in [2.24, 2.45) is 0 Å². The quantitative estimate of drug-likeness (QED) is 0.486. The first-order chi connectivity index (χ1) is 9.60. The zero-order valence-electron chi connectivity index (χ0n) is 11.2. The molecule has 20 heavy (non-hydrogen) atoms. The summed E-state index contributed by atoms with van der Waals surface area (Å²) in [6.45, 7) is 1.87. The number of carbonyl (C=O) groups excluding carboxylic acids is 1. The summed E-state index contributed by atoms with van der Waals surface area (Å²) in [5.74, 6) is 0.166. The van der Waals surface area contributed by atoms with Crippen molar-refractivity contribution in [1.82, 2.24) is 0 Å². The Morgan fingerprint density at radius 1 is 1.30 bits per heavy atom. The summed E-state index contributed by atoms with van der Waals surface area (Å²) in [7, 11) is 1.33. The molecule has 0 saturated heterocycles. The van der Waals surface area contributed by atoms with Gasteiger partial charge in [-0.05, 0) is 31.2 Å². The van der Waals surface area contributed by atoms with Gasteiger partial charge in [-0.1, -0.05) is 0 Å². The summed E-state index contributed by atoms with van der Waals surface area (Å²) in [6, 6.07) is 8.25. The lowest BCUT2D eigenvalue weighted by Crippen LogP contribution is -2.04. The van der Waals surface area contributed by atoms with Gasteiger partial charge in [0.15, 0.2) is 0 Å². The van der Waals surface area contributed by atoms with Crippen molar-refractivity contribution in [2.75, 3.05) is 13.7 Å². The van der Waals surface area contributed by atoms with Crippen LogP contribution >= 0.6 is 0 Å². The molecule has 0 atom stereocenters. The minimum atomic E-state index is -0.406. The van der Waals surface area contributed by atoms with Gasteiger partial charge in [0.25, 0.3) is 0 Å². The molecular weight excluding hydrogens is 260 g/mol. The highest BCUT2D eigenvalue weighted by atomic mass is 16.5. The van der Waals surface area contributed by atoms with Gasteiger partial charge in [-0.3, -0.25) is 0 Å². The third-order valence-electron chi connectivity index (χ3n) is 2.74. The molecule has 1 heterocycles. The molecule has 0 aliphatic rings. The number of rotatable bonds is 4. The number of esters is 1. The lowest BCUT2D eigenvalue weighted by molar-refractivity contribution is -0.136. The molecule has 0 aliphatic heterocycles. The van der Waals surface area contributed by atoms with E-state index >= 15 is 0 Å². The summed E-state index contributed by atoms with van der Waals surface area (Å²) in [5, 5.41) is 0.818. The van der Waals surface area contributed by atoms with Crippen LogP contribution in [0.25, 0.3) is 11.0 Å². The lowest BCUT2D eigenvalue weighted by Gasteiger charge is -2.05. The largest absolute Gasteiger partial charge is 0.489 e. The smallest absolute Gasteiger partial charge is 0.336 e. The number of carbonyl (C=O) groups is 1. The van der Waals surface area contributed by atoms with E-state index in [-0.39, 0.29) is 6.61 Å². The van der Waals surface area contributed by atoms with Crippen molar-refractivity contribution in [3.05, 3.63) is 52.4 Å². The number of benzene rings is 1. The van der Waals surface area contributed by atoms with E-state index < -0.39 is 11.6 Å². The van der Waals surface area contributed by atoms with Crippen molar-refractivity contribution in [3.8, 4) is 5.75 Å². The van der Waals surface area contributed by atoms with Crippen LogP contribution in [0.2, 0.25) is 0 Å². The van der Waals surface area contributed by atoms with Crippen LogP contribution in [0.15, 0.2) is 51.2 Å². The normalized spacial score (nSPS) is 11.4. The molecular formula is C15H14O5. The van der Waals surface area contributed by atoms with E-state index in [9.17, 15) is 9.59 Å². The van der Waals surface area contributed by atoms with E-state index in [1.54, 1.807) is 37.3 Å². The van der Waals surface area contributed by atoms with Crippen molar-refractivity contribution < 1.29 is 18.7 Å². The second-order valence-corrected chi connectivity index (χ2v) is 4.14. The van der Waals surface area contributed by atoms with E-state index in [2.05, 4.69) is 4.74 Å². The third-order valence-corrected chi connectivity index (χ3v) is 2.74. The molecule has 0 bridgehead atoms. The molecule has 104 valence electrons. The van der Waals surface area contributed by atoms with Gasteiger partial charge in [-0.25, -0.2) is 9.59 Å². The molecule has 0 N–H and O–H groups in total. The zero-order valence-corrected chi connectivity index (χ0v) is 11.2. The Morgan fingerprint density at radius 3 is 2.80 bits per heavy atom. The summed E-state index contributed by atoms with van der Waals surface area (Å²) < 4.78 is 15.1. The van der Waals surface area contributed by atoms with Gasteiger partial charge in [0.05, 0.1) is 7.11 Å². The number of hydrogen-bond acceptors (Lipinski definition) is 5. The minimum Gasteiger partial charge on any atom is -0.489 e. The average Bonchev–Trinajstić information content (AvgIpc) is 2.45. The summed E-state index contributed by atoms with van der Waals surface area (Å²) in [4.78, 5) is 22.3. The molecule has 0 radical (unpaired) electrons. The fraction of sp³-hybridized carbons (Fsp3) is 0.200. The standard InChI is InChI=1S/C15H14O5/c1-10(15(17)18-2)7-8-19-12-5-3-11-4-6-14(16)20-13(11)9-12/h3-7,9H,8H2,1-2H3/b10-7+. The summed E-state index contributed by atoms with van der Waals surface area (Å²) >= 11 is 0. The maximum atomic E-state index is 11.2. The first kappa shape index (κ1) is 13.9. The Morgan fingerprint density at radius 2 is 2.05 bits per heavy atom. The van der Waals surface area contributed by atoms with Crippen LogP contribution in [-0.4, -0.2) is 19.7 Å². The first-order valence-electron chi connectivity index (χ1n) is 6.02. The fourth-order valence-electron chi connectivity index (χ4n) is 1.64. The predicted octanol–water partition coefficient (Wildman–Crippen LogP) is 2.29. The van der Waals surface area contributed by atoms with Crippen molar-refractivity contribution >= 4 is 16.9 Å². The molecule has 5 nitrogen and oxygen atoms in total. The lowest BCUT2D eigenvalue weighted by atomic mass is 10.2. The van der Waals surface area contributed by atoms with Gasteiger partial charge >= 0.3 is 11.6 Å². The van der Waals surface area contributed by atoms with Crippen LogP contribution in [0, 0.1) is 0 Å². The molecule has 1 aromatic carbocycles. The average molecular weight is 274 g/mol. The second kappa shape index (κ2) is 6.06. The van der Waals surface area contributed by atoms with Crippen molar-refractivity contribution in [2.45, 2.75) is 6.92 Å². The Labute approximate surface area is 115 Å². The zero-order chi connectivity index (χ0) is 14.5. The molecule has 0 aliphatic carbocycles. The second-order valence-electron chi connectivity index (χ2n) is 4.14. The van der Waals surface area contributed by atoms with E-state index in [4.69, 9.17) is 9.15 Å². The Bertz CT molecular complexity index is 712. The third kappa shape index (κ3) is 3.26. The van der Waals surface area contributed by atoms with E-state index in [0.29, 0.717) is 16.9 Å². The van der Waals surface area contributed by atoms with Crippen molar-refractivity contribution in [1.29, 1.82) is 0 Å². The van der Waals surface area contributed by atoms with Crippen LogP contribution in [0.1, 0.15) is 6.92 Å². The van der Waals surface area contributed by atoms with Crippen LogP contribution in [0.4, 0.5) is 0 Å². The first-order valence-corrected chi connectivity index (χ1v) is 6.02. The highest BCUT2D eigenvalue weighted by Gasteiger charge is 2.03. The number of ether oxygens (including phenoxy) is 2. The number of fused-ring (bicyclic) bond motifs is 1. The highest BCUT2D eigenvalue weighted by molar-refractivity contribution is 5.87. The van der Waals surface area contributed by atoms with Gasteiger partial charge in [-0.15, -0.1) is 0 Å². The molecule has 2 rings (SSSR count). The summed E-state index contributed by atoms with van der Waals surface area (Å²) in [5.41, 5.74) is 0.527. The van der Waals surface area contributed by atoms with E-state index in [1.165, 1.54) is 13.2 Å². The molecule has 0 amide bonds. The van der Waals surface area contributed by atoms with Gasteiger partial charge < -0.3 is 13.9 Å². The molecule has 1 aromatic heterocycles. The van der Waals surface area contributed by atoms with Gasteiger partial charge in [0.2, 0.25) is 0 Å². The molecule has 0 unspecified atom stereocenters. The van der Waals surface area contributed by atoms with E-state index in [0.717, 1.165) is 5.39 Å². The Hall–Kier alpha value is -2.56. The van der Waals surface area contributed by atoms with Gasteiger partial charge in [-0.2, -0.15) is 0 Å². The van der Waals surface area contributed by atoms with Crippen LogP contribution in [0.5, 0.6) is 5.75 Å². The number of methoxy groups -OCH3 is 1. The summed E-state index contributed by atoms with van der Waals surface area (Å²) in [6.07, 6.45) is 1.62. The minimum absolute atomic E-state index is 0.226. The predicted molar refractivity (Wildman–Crippen MR) is 73.8 cm³/mol. The maximum Gasteiger partial charge on any atom is 0.336 e. The van der Waals surface area contributed by atoms with Crippen LogP contribution in [0.3, 0.4) is 0 Å². The Kier molecular flexibility index (Phi) is 4.20. The molecule has 0 spiro atoms. The maximum absolute atomic E-state index is 11.2. The highest BCUT2D eigenvalue weighted by Crippen LogP contribution is 2.19. The SMILES string of the molecule is COC(=O)/C(C)=C/COc1ccc2ccc(=O)oc2c1. The molecule has 2 aromatic rings. The van der Waals surface area contributed by atoms with Crippen molar-refractivity contribution in [3.63, 3.8) is 0 Å².